The highest BCUT2D eigenvalue weighted by Crippen LogP contribution is 2.28. The second kappa shape index (κ2) is 10.1. The fraction of sp³-hybridized carbons (Fsp3) is 0.0769. The van der Waals surface area contributed by atoms with Gasteiger partial charge in [0.25, 0.3) is 0 Å². The fourth-order valence-electron chi connectivity index (χ4n) is 3.67. The highest BCUT2D eigenvalue weighted by atomic mass is 32.1. The minimum Gasteiger partial charge on any atom is -0.507 e. The van der Waals surface area contributed by atoms with Crippen LogP contribution in [0.2, 0.25) is 0 Å². The lowest BCUT2D eigenvalue weighted by Crippen LogP contribution is -2.19. The van der Waals surface area contributed by atoms with Gasteiger partial charge in [0.1, 0.15) is 23.3 Å². The summed E-state index contributed by atoms with van der Waals surface area (Å²) in [6.07, 6.45) is 0.212. The van der Waals surface area contributed by atoms with Crippen molar-refractivity contribution in [1.29, 1.82) is 5.26 Å². The smallest absolute Gasteiger partial charge is 0.228 e. The number of aromatic hydroxyl groups is 1. The summed E-state index contributed by atoms with van der Waals surface area (Å²) in [5.74, 6) is 4.83. The SMILES string of the molecule is COc1cc(NC(=O)Cc2csc3ccccc23)ccc1/C(=N\N)C(=O)c1ccc(O)c(C#N)c1. The van der Waals surface area contributed by atoms with Gasteiger partial charge in [0.05, 0.1) is 19.1 Å². The minimum atomic E-state index is -0.552. The molecular weight excluding hydrogens is 464 g/mol. The predicted molar refractivity (Wildman–Crippen MR) is 135 cm³/mol. The summed E-state index contributed by atoms with van der Waals surface area (Å²) in [6.45, 7) is 0. The molecule has 35 heavy (non-hydrogen) atoms. The number of carbonyl (C=O) groups is 2. The number of hydrogen-bond acceptors (Lipinski definition) is 8. The number of Topliss-reactive ketones (excluding diaryl/α,β-unsaturated/α-hetero) is 1. The first-order chi connectivity index (χ1) is 16.9. The molecule has 3 aromatic carbocycles. The van der Waals surface area contributed by atoms with Crippen LogP contribution in [-0.4, -0.2) is 29.6 Å². The first-order valence-electron chi connectivity index (χ1n) is 10.4. The molecule has 174 valence electrons. The van der Waals surface area contributed by atoms with E-state index in [1.165, 1.54) is 25.3 Å². The topological polar surface area (TPSA) is 138 Å². The molecule has 0 radical (unpaired) electrons. The van der Waals surface area contributed by atoms with E-state index in [0.717, 1.165) is 15.6 Å². The Morgan fingerprint density at radius 1 is 1.17 bits per heavy atom. The molecule has 0 bridgehead atoms. The molecule has 0 saturated heterocycles. The number of hydrogen-bond donors (Lipinski definition) is 3. The van der Waals surface area contributed by atoms with Crippen LogP contribution in [0, 0.1) is 11.3 Å². The van der Waals surface area contributed by atoms with E-state index >= 15 is 0 Å². The number of anilines is 1. The predicted octanol–water partition coefficient (Wildman–Crippen LogP) is 4.21. The molecule has 0 aliphatic rings. The molecule has 1 aromatic heterocycles. The maximum absolute atomic E-state index is 13.0. The van der Waals surface area contributed by atoms with Gasteiger partial charge in [0.15, 0.2) is 0 Å². The minimum absolute atomic E-state index is 0.0457. The number of carbonyl (C=O) groups excluding carboxylic acids is 2. The Morgan fingerprint density at radius 2 is 1.97 bits per heavy atom. The van der Waals surface area contributed by atoms with Crippen molar-refractivity contribution in [1.82, 2.24) is 0 Å². The van der Waals surface area contributed by atoms with Crippen LogP contribution in [0.3, 0.4) is 0 Å². The zero-order valence-electron chi connectivity index (χ0n) is 18.6. The van der Waals surface area contributed by atoms with Gasteiger partial charge < -0.3 is 21.0 Å². The number of ether oxygens (including phenoxy) is 1. The summed E-state index contributed by atoms with van der Waals surface area (Å²) in [6, 6.07) is 18.4. The second-order valence-corrected chi connectivity index (χ2v) is 8.46. The van der Waals surface area contributed by atoms with Crippen molar-refractivity contribution in [2.75, 3.05) is 12.4 Å². The Bertz CT molecular complexity index is 1520. The zero-order chi connectivity index (χ0) is 24.9. The van der Waals surface area contributed by atoms with Crippen molar-refractivity contribution < 1.29 is 19.4 Å². The zero-order valence-corrected chi connectivity index (χ0v) is 19.4. The first-order valence-corrected chi connectivity index (χ1v) is 11.3. The van der Waals surface area contributed by atoms with Crippen molar-refractivity contribution in [2.45, 2.75) is 6.42 Å². The van der Waals surface area contributed by atoms with Crippen LogP contribution in [0.5, 0.6) is 11.5 Å². The number of benzene rings is 3. The maximum atomic E-state index is 13.0. The third-order valence-electron chi connectivity index (χ3n) is 5.38. The molecule has 0 saturated carbocycles. The third kappa shape index (κ3) is 4.83. The van der Waals surface area contributed by atoms with E-state index in [9.17, 15) is 14.7 Å². The Balaban J connectivity index is 1.56. The number of thiophene rings is 1. The number of nitrogens with two attached hydrogens (primary N) is 1. The van der Waals surface area contributed by atoms with Crippen molar-refractivity contribution in [2.24, 2.45) is 10.9 Å². The molecule has 8 nitrogen and oxygen atoms in total. The molecule has 0 aliphatic heterocycles. The summed E-state index contributed by atoms with van der Waals surface area (Å²) in [5.41, 5.74) is 1.73. The normalized spacial score (nSPS) is 11.1. The summed E-state index contributed by atoms with van der Waals surface area (Å²) in [5, 5.41) is 28.4. The number of phenolic OH excluding ortho intramolecular Hbond substituents is 1. The van der Waals surface area contributed by atoms with E-state index in [0.29, 0.717) is 11.3 Å². The number of ketones is 1. The van der Waals surface area contributed by atoms with E-state index in [-0.39, 0.29) is 40.7 Å². The second-order valence-electron chi connectivity index (χ2n) is 7.55. The molecule has 0 aliphatic carbocycles. The van der Waals surface area contributed by atoms with Crippen LogP contribution >= 0.6 is 11.3 Å². The number of amides is 1. The van der Waals surface area contributed by atoms with Crippen molar-refractivity contribution in [3.8, 4) is 17.6 Å². The first kappa shape index (κ1) is 23.5. The van der Waals surface area contributed by atoms with Gasteiger partial charge in [-0.2, -0.15) is 10.4 Å². The summed E-state index contributed by atoms with van der Waals surface area (Å²) in [4.78, 5) is 25.7. The quantitative estimate of drug-likeness (QED) is 0.155. The largest absolute Gasteiger partial charge is 0.507 e. The lowest BCUT2D eigenvalue weighted by Gasteiger charge is -2.13. The van der Waals surface area contributed by atoms with Crippen molar-refractivity contribution in [3.05, 3.63) is 88.3 Å². The van der Waals surface area contributed by atoms with Gasteiger partial charge in [-0.05, 0) is 52.7 Å². The summed E-state index contributed by atoms with van der Waals surface area (Å²) in [7, 11) is 1.43. The summed E-state index contributed by atoms with van der Waals surface area (Å²) < 4.78 is 6.55. The molecule has 4 N–H and O–H groups in total. The van der Waals surface area contributed by atoms with Gasteiger partial charge in [-0.15, -0.1) is 11.3 Å². The number of nitriles is 1. The average molecular weight is 485 g/mol. The number of nitrogens with zero attached hydrogens (tertiary/aromatic N) is 2. The fourth-order valence-corrected chi connectivity index (χ4v) is 4.63. The molecule has 0 fully saturated rings. The van der Waals surface area contributed by atoms with E-state index in [4.69, 9.17) is 15.8 Å². The van der Waals surface area contributed by atoms with Crippen LogP contribution in [-0.2, 0) is 11.2 Å². The van der Waals surface area contributed by atoms with E-state index in [2.05, 4.69) is 10.4 Å². The number of methoxy groups -OCH3 is 1. The molecule has 4 aromatic rings. The van der Waals surface area contributed by atoms with E-state index in [1.54, 1.807) is 29.5 Å². The lowest BCUT2D eigenvalue weighted by molar-refractivity contribution is -0.115. The average Bonchev–Trinajstić information content (AvgIpc) is 3.27. The number of rotatable bonds is 7. The van der Waals surface area contributed by atoms with E-state index in [1.807, 2.05) is 35.7 Å². The van der Waals surface area contributed by atoms with Gasteiger partial charge in [-0.25, -0.2) is 0 Å². The van der Waals surface area contributed by atoms with Gasteiger partial charge in [0, 0.05) is 27.6 Å². The van der Waals surface area contributed by atoms with Crippen molar-refractivity contribution >= 4 is 44.5 Å². The molecule has 0 unspecified atom stereocenters. The van der Waals surface area contributed by atoms with Crippen LogP contribution in [0.25, 0.3) is 10.1 Å². The number of phenols is 1. The summed E-state index contributed by atoms with van der Waals surface area (Å²) >= 11 is 1.59. The van der Waals surface area contributed by atoms with E-state index < -0.39 is 5.78 Å². The molecule has 1 heterocycles. The highest BCUT2D eigenvalue weighted by Gasteiger charge is 2.22. The Labute approximate surface area is 204 Å². The monoisotopic (exact) mass is 484 g/mol. The Hall–Kier alpha value is -4.68. The molecule has 1 amide bonds. The van der Waals surface area contributed by atoms with Gasteiger partial charge in [-0.3, -0.25) is 9.59 Å². The lowest BCUT2D eigenvalue weighted by atomic mass is 9.98. The molecule has 9 heteroatoms. The third-order valence-corrected chi connectivity index (χ3v) is 6.39. The maximum Gasteiger partial charge on any atom is 0.228 e. The molecule has 0 spiro atoms. The number of fused-ring (bicyclic) bond motifs is 1. The molecule has 4 rings (SSSR count). The molecule has 0 atom stereocenters. The van der Waals surface area contributed by atoms with Gasteiger partial charge >= 0.3 is 0 Å². The van der Waals surface area contributed by atoms with Crippen LogP contribution in [0.1, 0.15) is 27.0 Å². The van der Waals surface area contributed by atoms with Gasteiger partial charge in [-0.1, -0.05) is 18.2 Å². The van der Waals surface area contributed by atoms with Gasteiger partial charge in [0.2, 0.25) is 11.7 Å². The van der Waals surface area contributed by atoms with Crippen LogP contribution in [0.4, 0.5) is 5.69 Å². The molecular formula is C26H20N4O4S. The number of nitrogens with one attached hydrogen (secondary N) is 1. The number of hydrazone groups is 1. The Kier molecular flexibility index (Phi) is 6.76. The van der Waals surface area contributed by atoms with Crippen LogP contribution < -0.4 is 15.9 Å². The Morgan fingerprint density at radius 3 is 2.71 bits per heavy atom. The standard InChI is InChI=1S/C26H20N4O4S/c1-34-22-12-18(29-24(32)11-17-14-35-23-5-3-2-4-19(17)23)7-8-20(22)25(30-28)26(33)15-6-9-21(31)16(10-15)13-27/h2-10,12,14,31H,11,28H2,1H3,(H,29,32)/b30-25+. The van der Waals surface area contributed by atoms with Crippen LogP contribution in [0.15, 0.2) is 71.1 Å². The highest BCUT2D eigenvalue weighted by molar-refractivity contribution is 7.17. The van der Waals surface area contributed by atoms with Crippen molar-refractivity contribution in [3.63, 3.8) is 0 Å².